The average molecular weight is 238 g/mol. The molecule has 1 saturated heterocycles. The van der Waals surface area contributed by atoms with Crippen molar-refractivity contribution in [2.24, 2.45) is 5.92 Å². The fourth-order valence-electron chi connectivity index (χ4n) is 1.77. The first-order valence-corrected chi connectivity index (χ1v) is 5.42. The van der Waals surface area contributed by atoms with E-state index in [0.717, 1.165) is 13.0 Å². The monoisotopic (exact) mass is 238 g/mol. The molecule has 1 aromatic rings. The number of para-hydroxylation sites is 1. The topological polar surface area (TPSA) is 87.6 Å². The minimum Gasteiger partial charge on any atom is -0.486 e. The van der Waals surface area contributed by atoms with Gasteiger partial charge in [-0.2, -0.15) is 0 Å². The molecule has 2 rings (SSSR count). The Morgan fingerprint density at radius 3 is 3.06 bits per heavy atom. The van der Waals surface area contributed by atoms with Gasteiger partial charge in [0.15, 0.2) is 5.75 Å². The predicted molar refractivity (Wildman–Crippen MR) is 61.9 cm³/mol. The molecule has 0 aromatic heterocycles. The van der Waals surface area contributed by atoms with Gasteiger partial charge in [0.05, 0.1) is 18.1 Å². The van der Waals surface area contributed by atoms with Crippen LogP contribution in [-0.4, -0.2) is 24.7 Å². The van der Waals surface area contributed by atoms with Crippen LogP contribution in [0.5, 0.6) is 5.75 Å². The zero-order valence-electron chi connectivity index (χ0n) is 9.30. The third-order valence-corrected chi connectivity index (χ3v) is 2.71. The van der Waals surface area contributed by atoms with Crippen LogP contribution in [0.2, 0.25) is 0 Å². The summed E-state index contributed by atoms with van der Waals surface area (Å²) in [6.07, 6.45) is 0.927. The maximum atomic E-state index is 10.9. The highest BCUT2D eigenvalue weighted by Crippen LogP contribution is 2.33. The Bertz CT molecular complexity index is 416. The number of nitrogens with zero attached hydrogens (tertiary/aromatic N) is 1. The summed E-state index contributed by atoms with van der Waals surface area (Å²) >= 11 is 0. The van der Waals surface area contributed by atoms with Crippen molar-refractivity contribution in [3.05, 3.63) is 28.3 Å². The molecule has 0 bridgehead atoms. The van der Waals surface area contributed by atoms with Crippen LogP contribution >= 0.6 is 0 Å². The summed E-state index contributed by atoms with van der Waals surface area (Å²) < 4.78 is 10.7. The Morgan fingerprint density at radius 2 is 2.41 bits per heavy atom. The van der Waals surface area contributed by atoms with E-state index in [0.29, 0.717) is 19.1 Å². The number of hydrogen-bond acceptors (Lipinski definition) is 5. The molecule has 0 saturated carbocycles. The van der Waals surface area contributed by atoms with Gasteiger partial charge in [-0.1, -0.05) is 6.07 Å². The number of rotatable bonds is 4. The van der Waals surface area contributed by atoms with Gasteiger partial charge in [-0.15, -0.1) is 0 Å². The largest absolute Gasteiger partial charge is 0.486 e. The molecule has 0 amide bonds. The van der Waals surface area contributed by atoms with Crippen molar-refractivity contribution in [3.63, 3.8) is 0 Å². The summed E-state index contributed by atoms with van der Waals surface area (Å²) in [6, 6.07) is 4.69. The molecule has 0 aliphatic carbocycles. The second-order valence-corrected chi connectivity index (χ2v) is 3.99. The lowest BCUT2D eigenvalue weighted by molar-refractivity contribution is -0.384. The van der Waals surface area contributed by atoms with Gasteiger partial charge in [-0.3, -0.25) is 10.1 Å². The predicted octanol–water partition coefficient (Wildman–Crippen LogP) is 1.59. The van der Waals surface area contributed by atoms with E-state index in [1.807, 2.05) is 0 Å². The molecule has 1 fully saturated rings. The lowest BCUT2D eigenvalue weighted by atomic mass is 10.1. The molecular weight excluding hydrogens is 224 g/mol. The summed E-state index contributed by atoms with van der Waals surface area (Å²) in [4.78, 5) is 10.3. The van der Waals surface area contributed by atoms with Crippen molar-refractivity contribution >= 4 is 11.4 Å². The lowest BCUT2D eigenvalue weighted by Crippen LogP contribution is -2.12. The van der Waals surface area contributed by atoms with Gasteiger partial charge >= 0.3 is 5.69 Å². The van der Waals surface area contributed by atoms with E-state index in [2.05, 4.69) is 0 Å². The highest BCUT2D eigenvalue weighted by atomic mass is 16.6. The minimum atomic E-state index is -0.518. The first-order chi connectivity index (χ1) is 8.18. The molecule has 0 radical (unpaired) electrons. The first kappa shape index (κ1) is 11.7. The van der Waals surface area contributed by atoms with Crippen molar-refractivity contribution in [1.82, 2.24) is 0 Å². The van der Waals surface area contributed by atoms with Crippen molar-refractivity contribution in [3.8, 4) is 5.75 Å². The summed E-state index contributed by atoms with van der Waals surface area (Å²) in [5, 5.41) is 10.9. The summed E-state index contributed by atoms with van der Waals surface area (Å²) in [5.74, 6) is 0.526. The van der Waals surface area contributed by atoms with Gasteiger partial charge in [-0.25, -0.2) is 0 Å². The molecule has 1 aliphatic heterocycles. The Hall–Kier alpha value is -1.82. The molecule has 17 heavy (non-hydrogen) atoms. The van der Waals surface area contributed by atoms with Crippen LogP contribution in [-0.2, 0) is 4.74 Å². The van der Waals surface area contributed by atoms with E-state index in [4.69, 9.17) is 15.2 Å². The van der Waals surface area contributed by atoms with Gasteiger partial charge < -0.3 is 15.2 Å². The molecule has 6 heteroatoms. The van der Waals surface area contributed by atoms with Gasteiger partial charge in [0.25, 0.3) is 0 Å². The lowest BCUT2D eigenvalue weighted by Gasteiger charge is -2.11. The van der Waals surface area contributed by atoms with Crippen LogP contribution in [0, 0.1) is 16.0 Å². The first-order valence-electron chi connectivity index (χ1n) is 5.42. The minimum absolute atomic E-state index is 0.121. The zero-order valence-corrected chi connectivity index (χ0v) is 9.30. The smallest absolute Gasteiger partial charge is 0.333 e. The summed E-state index contributed by atoms with van der Waals surface area (Å²) in [7, 11) is 0. The maximum absolute atomic E-state index is 10.9. The molecule has 0 spiro atoms. The molecule has 6 nitrogen and oxygen atoms in total. The summed E-state index contributed by atoms with van der Waals surface area (Å²) in [6.45, 7) is 1.80. The van der Waals surface area contributed by atoms with Crippen molar-refractivity contribution < 1.29 is 14.4 Å². The SMILES string of the molecule is Nc1cccc(OCC2CCOC2)c1[N+](=O)[O-]. The Morgan fingerprint density at radius 1 is 1.59 bits per heavy atom. The van der Waals surface area contributed by atoms with Gasteiger partial charge in [0, 0.05) is 12.5 Å². The van der Waals surface area contributed by atoms with E-state index in [1.54, 1.807) is 12.1 Å². The maximum Gasteiger partial charge on any atom is 0.333 e. The van der Waals surface area contributed by atoms with E-state index in [1.165, 1.54) is 6.07 Å². The fourth-order valence-corrected chi connectivity index (χ4v) is 1.77. The van der Waals surface area contributed by atoms with Crippen LogP contribution in [0.3, 0.4) is 0 Å². The van der Waals surface area contributed by atoms with Crippen LogP contribution in [0.15, 0.2) is 18.2 Å². The van der Waals surface area contributed by atoms with Crippen LogP contribution in [0.1, 0.15) is 6.42 Å². The average Bonchev–Trinajstić information content (AvgIpc) is 2.78. The fraction of sp³-hybridized carbons (Fsp3) is 0.455. The van der Waals surface area contributed by atoms with Crippen LogP contribution in [0.25, 0.3) is 0 Å². The Balaban J connectivity index is 2.09. The second kappa shape index (κ2) is 5.01. The van der Waals surface area contributed by atoms with Gasteiger partial charge in [0.1, 0.15) is 5.69 Å². The highest BCUT2D eigenvalue weighted by Gasteiger charge is 2.21. The quantitative estimate of drug-likeness (QED) is 0.489. The third kappa shape index (κ3) is 2.65. The molecule has 92 valence electrons. The highest BCUT2D eigenvalue weighted by molar-refractivity contribution is 5.65. The number of nitro groups is 1. The normalized spacial score (nSPS) is 19.2. The third-order valence-electron chi connectivity index (χ3n) is 2.71. The molecule has 1 aliphatic rings. The van der Waals surface area contributed by atoms with Crippen LogP contribution < -0.4 is 10.5 Å². The molecule has 1 aromatic carbocycles. The van der Waals surface area contributed by atoms with Crippen molar-refractivity contribution in [1.29, 1.82) is 0 Å². The van der Waals surface area contributed by atoms with E-state index < -0.39 is 4.92 Å². The number of ether oxygens (including phenoxy) is 2. The standard InChI is InChI=1S/C11H14N2O4/c12-9-2-1-3-10(11(9)13(14)15)17-7-8-4-5-16-6-8/h1-3,8H,4-7,12H2. The van der Waals surface area contributed by atoms with Gasteiger partial charge in [-0.05, 0) is 18.6 Å². The Kier molecular flexibility index (Phi) is 3.43. The van der Waals surface area contributed by atoms with E-state index in [9.17, 15) is 10.1 Å². The number of nitro benzene ring substituents is 1. The molecule has 1 atom stereocenters. The molecular formula is C11H14N2O4. The van der Waals surface area contributed by atoms with Crippen molar-refractivity contribution in [2.75, 3.05) is 25.6 Å². The molecule has 1 heterocycles. The molecule has 1 unspecified atom stereocenters. The number of anilines is 1. The van der Waals surface area contributed by atoms with E-state index in [-0.39, 0.29) is 17.1 Å². The second-order valence-electron chi connectivity index (χ2n) is 3.99. The van der Waals surface area contributed by atoms with Gasteiger partial charge in [0.2, 0.25) is 0 Å². The number of nitrogens with two attached hydrogens (primary N) is 1. The van der Waals surface area contributed by atoms with E-state index >= 15 is 0 Å². The van der Waals surface area contributed by atoms with Crippen LogP contribution in [0.4, 0.5) is 11.4 Å². The Labute approximate surface area is 98.5 Å². The molecule has 2 N–H and O–H groups in total. The number of benzene rings is 1. The number of hydrogen-bond donors (Lipinski definition) is 1. The summed E-state index contributed by atoms with van der Waals surface area (Å²) in [5.41, 5.74) is 5.52. The zero-order chi connectivity index (χ0) is 12.3. The number of nitrogen functional groups attached to an aromatic ring is 1. The van der Waals surface area contributed by atoms with Crippen molar-refractivity contribution in [2.45, 2.75) is 6.42 Å².